The molecule has 5 nitrogen and oxygen atoms in total. The Labute approximate surface area is 157 Å². The number of carbonyl (C=O) groups excluding carboxylic acids is 1. The maximum atomic E-state index is 12.3. The van der Waals surface area contributed by atoms with Crippen LogP contribution in [0.4, 0.5) is 5.69 Å². The van der Waals surface area contributed by atoms with Crippen molar-refractivity contribution in [1.29, 1.82) is 0 Å². The second kappa shape index (κ2) is 7.74. The van der Waals surface area contributed by atoms with Gasteiger partial charge in [0.05, 0.1) is 5.75 Å². The average Bonchev–Trinajstić information content (AvgIpc) is 2.98. The number of rotatable bonds is 5. The Balaban J connectivity index is 1.67. The van der Waals surface area contributed by atoms with Crippen molar-refractivity contribution in [2.75, 3.05) is 11.1 Å². The highest BCUT2D eigenvalue weighted by Gasteiger charge is 2.13. The number of hydrogen-bond donors (Lipinski definition) is 1. The maximum absolute atomic E-state index is 12.3. The van der Waals surface area contributed by atoms with Crippen LogP contribution in [0.15, 0.2) is 47.6 Å². The van der Waals surface area contributed by atoms with Gasteiger partial charge in [0, 0.05) is 18.3 Å². The number of benzene rings is 2. The predicted octanol–water partition coefficient (Wildman–Crippen LogP) is 4.14. The molecule has 0 bridgehead atoms. The molecular formula is C20H22N4OS. The molecule has 3 rings (SSSR count). The minimum Gasteiger partial charge on any atom is -0.325 e. The number of nitrogens with zero attached hydrogens (tertiary/aromatic N) is 3. The lowest BCUT2D eigenvalue weighted by Crippen LogP contribution is -2.15. The summed E-state index contributed by atoms with van der Waals surface area (Å²) in [5, 5.41) is 12.2. The van der Waals surface area contributed by atoms with Gasteiger partial charge in [-0.2, -0.15) is 0 Å². The first-order valence-electron chi connectivity index (χ1n) is 8.41. The van der Waals surface area contributed by atoms with Crippen LogP contribution in [0, 0.1) is 20.8 Å². The molecule has 26 heavy (non-hydrogen) atoms. The van der Waals surface area contributed by atoms with Gasteiger partial charge in [-0.3, -0.25) is 4.79 Å². The molecule has 0 spiro atoms. The molecule has 6 heteroatoms. The van der Waals surface area contributed by atoms with Crippen LogP contribution in [0.3, 0.4) is 0 Å². The van der Waals surface area contributed by atoms with E-state index >= 15 is 0 Å². The Hall–Kier alpha value is -2.60. The van der Waals surface area contributed by atoms with Gasteiger partial charge in [0.1, 0.15) is 0 Å². The van der Waals surface area contributed by atoms with E-state index in [-0.39, 0.29) is 11.7 Å². The fourth-order valence-electron chi connectivity index (χ4n) is 2.68. The molecule has 2 aromatic carbocycles. The Morgan fingerprint density at radius 1 is 1.12 bits per heavy atom. The molecule has 0 aliphatic carbocycles. The fraction of sp³-hybridized carbons (Fsp3) is 0.250. The number of nitrogens with one attached hydrogen (secondary N) is 1. The smallest absolute Gasteiger partial charge is 0.234 e. The molecule has 1 aromatic heterocycles. The first kappa shape index (κ1) is 18.2. The summed E-state index contributed by atoms with van der Waals surface area (Å²) in [6.45, 7) is 6.09. The SMILES string of the molecule is Cc1cccc(-c2nnc(SCC(=O)Nc3cccc(C)c3C)n2C)c1. The lowest BCUT2D eigenvalue weighted by Gasteiger charge is -2.10. The summed E-state index contributed by atoms with van der Waals surface area (Å²) in [5.41, 5.74) is 5.30. The second-order valence-corrected chi connectivity index (χ2v) is 7.26. The molecule has 0 aliphatic heterocycles. The zero-order valence-corrected chi connectivity index (χ0v) is 16.2. The normalized spacial score (nSPS) is 10.8. The Kier molecular flexibility index (Phi) is 5.42. The first-order chi connectivity index (χ1) is 12.5. The molecule has 0 radical (unpaired) electrons. The number of anilines is 1. The molecule has 0 aliphatic rings. The molecule has 1 N–H and O–H groups in total. The molecule has 0 unspecified atom stereocenters. The molecule has 0 saturated heterocycles. The van der Waals surface area contributed by atoms with E-state index in [1.807, 2.05) is 68.8 Å². The summed E-state index contributed by atoms with van der Waals surface area (Å²) in [4.78, 5) is 12.3. The van der Waals surface area contributed by atoms with E-state index in [1.165, 1.54) is 17.3 Å². The van der Waals surface area contributed by atoms with Crippen molar-refractivity contribution in [2.45, 2.75) is 25.9 Å². The quantitative estimate of drug-likeness (QED) is 0.690. The van der Waals surface area contributed by atoms with E-state index in [0.717, 1.165) is 33.4 Å². The van der Waals surface area contributed by atoms with Gasteiger partial charge in [-0.1, -0.05) is 47.7 Å². The number of carbonyl (C=O) groups is 1. The number of amides is 1. The van der Waals surface area contributed by atoms with Crippen LogP contribution in [0.1, 0.15) is 16.7 Å². The second-order valence-electron chi connectivity index (χ2n) is 6.32. The summed E-state index contributed by atoms with van der Waals surface area (Å²) in [7, 11) is 1.92. The van der Waals surface area contributed by atoms with Gasteiger partial charge in [-0.15, -0.1) is 10.2 Å². The zero-order valence-electron chi connectivity index (χ0n) is 15.4. The van der Waals surface area contributed by atoms with E-state index in [1.54, 1.807) is 0 Å². The standard InChI is InChI=1S/C20H22N4OS/c1-13-7-5-9-16(11-13)19-22-23-20(24(19)4)26-12-18(25)21-17-10-6-8-14(2)15(17)3/h5-11H,12H2,1-4H3,(H,21,25). The van der Waals surface area contributed by atoms with Crippen molar-refractivity contribution in [3.63, 3.8) is 0 Å². The number of hydrogen-bond acceptors (Lipinski definition) is 4. The van der Waals surface area contributed by atoms with Crippen molar-refractivity contribution in [3.8, 4) is 11.4 Å². The van der Waals surface area contributed by atoms with E-state index in [4.69, 9.17) is 0 Å². The van der Waals surface area contributed by atoms with Crippen LogP contribution >= 0.6 is 11.8 Å². The number of aromatic nitrogens is 3. The molecule has 0 fully saturated rings. The summed E-state index contributed by atoms with van der Waals surface area (Å²) in [6, 6.07) is 14.0. The van der Waals surface area contributed by atoms with Crippen molar-refractivity contribution in [3.05, 3.63) is 59.2 Å². The van der Waals surface area contributed by atoms with Crippen LogP contribution in [0.25, 0.3) is 11.4 Å². The van der Waals surface area contributed by atoms with Gasteiger partial charge in [-0.05, 0) is 44.0 Å². The highest BCUT2D eigenvalue weighted by atomic mass is 32.2. The minimum atomic E-state index is -0.0520. The molecule has 0 atom stereocenters. The van der Waals surface area contributed by atoms with Crippen LogP contribution < -0.4 is 5.32 Å². The zero-order chi connectivity index (χ0) is 18.7. The lowest BCUT2D eigenvalue weighted by atomic mass is 10.1. The largest absolute Gasteiger partial charge is 0.325 e. The number of thioether (sulfide) groups is 1. The van der Waals surface area contributed by atoms with Gasteiger partial charge >= 0.3 is 0 Å². The molecular weight excluding hydrogens is 344 g/mol. The highest BCUT2D eigenvalue weighted by molar-refractivity contribution is 7.99. The van der Waals surface area contributed by atoms with E-state index in [9.17, 15) is 4.79 Å². The Bertz CT molecular complexity index is 949. The average molecular weight is 366 g/mol. The van der Waals surface area contributed by atoms with Crippen LogP contribution in [0.5, 0.6) is 0 Å². The van der Waals surface area contributed by atoms with E-state index in [2.05, 4.69) is 21.6 Å². The Morgan fingerprint density at radius 2 is 1.88 bits per heavy atom. The van der Waals surface area contributed by atoms with Crippen molar-refractivity contribution >= 4 is 23.4 Å². The monoisotopic (exact) mass is 366 g/mol. The van der Waals surface area contributed by atoms with Gasteiger partial charge in [0.25, 0.3) is 0 Å². The lowest BCUT2D eigenvalue weighted by molar-refractivity contribution is -0.113. The van der Waals surface area contributed by atoms with Crippen molar-refractivity contribution < 1.29 is 4.79 Å². The van der Waals surface area contributed by atoms with Gasteiger partial charge in [-0.25, -0.2) is 0 Å². The summed E-state index contributed by atoms with van der Waals surface area (Å²) in [6.07, 6.45) is 0. The van der Waals surface area contributed by atoms with Gasteiger partial charge in [0.15, 0.2) is 11.0 Å². The predicted molar refractivity (Wildman–Crippen MR) is 106 cm³/mol. The third-order valence-electron chi connectivity index (χ3n) is 4.32. The van der Waals surface area contributed by atoms with Gasteiger partial charge in [0.2, 0.25) is 5.91 Å². The van der Waals surface area contributed by atoms with Crippen LogP contribution in [0.2, 0.25) is 0 Å². The molecule has 1 heterocycles. The molecule has 1 amide bonds. The first-order valence-corrected chi connectivity index (χ1v) is 9.39. The summed E-state index contributed by atoms with van der Waals surface area (Å²) >= 11 is 1.38. The van der Waals surface area contributed by atoms with E-state index in [0.29, 0.717) is 0 Å². The fourth-order valence-corrected chi connectivity index (χ4v) is 3.39. The topological polar surface area (TPSA) is 59.8 Å². The van der Waals surface area contributed by atoms with E-state index < -0.39 is 0 Å². The Morgan fingerprint density at radius 3 is 2.65 bits per heavy atom. The third-order valence-corrected chi connectivity index (χ3v) is 5.34. The molecule has 3 aromatic rings. The van der Waals surface area contributed by atoms with Gasteiger partial charge < -0.3 is 9.88 Å². The third kappa shape index (κ3) is 3.96. The van der Waals surface area contributed by atoms with Crippen molar-refractivity contribution in [2.24, 2.45) is 7.05 Å². The molecule has 0 saturated carbocycles. The van der Waals surface area contributed by atoms with Crippen LogP contribution in [-0.4, -0.2) is 26.4 Å². The summed E-state index contributed by atoms with van der Waals surface area (Å²) in [5.74, 6) is 1.03. The maximum Gasteiger partial charge on any atom is 0.234 e. The number of aryl methyl sites for hydroxylation is 2. The van der Waals surface area contributed by atoms with Crippen LogP contribution in [-0.2, 0) is 11.8 Å². The minimum absolute atomic E-state index is 0.0520. The molecule has 134 valence electrons. The van der Waals surface area contributed by atoms with Crippen molar-refractivity contribution in [1.82, 2.24) is 14.8 Å². The summed E-state index contributed by atoms with van der Waals surface area (Å²) < 4.78 is 1.92. The highest BCUT2D eigenvalue weighted by Crippen LogP contribution is 2.24.